The minimum atomic E-state index is -0.691. The number of amides is 1. The van der Waals surface area contributed by atoms with E-state index in [1.165, 1.54) is 24.9 Å². The highest BCUT2D eigenvalue weighted by atomic mass is 19.1. The van der Waals surface area contributed by atoms with Crippen molar-refractivity contribution in [2.75, 3.05) is 13.6 Å². The van der Waals surface area contributed by atoms with Crippen LogP contribution < -0.4 is 0 Å². The smallest absolute Gasteiger partial charge is 0.410 e. The van der Waals surface area contributed by atoms with Crippen LogP contribution in [0.4, 0.5) is 14.9 Å². The van der Waals surface area contributed by atoms with E-state index >= 15 is 0 Å². The summed E-state index contributed by atoms with van der Waals surface area (Å²) < 4.78 is 18.8. The monoisotopic (exact) mass is 322 g/mol. The normalized spacial score (nSPS) is 10.5. The average Bonchev–Trinajstić information content (AvgIpc) is 2.40. The van der Waals surface area contributed by atoms with Crippen LogP contribution >= 0.6 is 0 Å². The number of halogens is 1. The average molecular weight is 322 g/mol. The van der Waals surface area contributed by atoms with Gasteiger partial charge in [-0.05, 0) is 27.7 Å². The van der Waals surface area contributed by atoms with Gasteiger partial charge in [-0.2, -0.15) is 0 Å². The van der Waals surface area contributed by atoms with Crippen molar-refractivity contribution in [3.05, 3.63) is 39.2 Å². The van der Waals surface area contributed by atoms with Crippen LogP contribution in [0, 0.1) is 34.7 Å². The fraction of sp³-hybridized carbons (Fsp3) is 0.438. The van der Waals surface area contributed by atoms with Crippen molar-refractivity contribution in [3.63, 3.8) is 0 Å². The lowest BCUT2D eigenvalue weighted by Crippen LogP contribution is -2.34. The molecule has 0 bridgehead atoms. The zero-order chi connectivity index (χ0) is 17.8. The standard InChI is InChI=1S/C16H19FN2O4/c1-11-12(9-13(19(21)22)10-14(11)17)7-6-8-18(5)15(20)23-16(2,3)4/h9-10H,8H2,1-5H3. The van der Waals surface area contributed by atoms with Gasteiger partial charge in [-0.15, -0.1) is 0 Å². The first-order valence-electron chi connectivity index (χ1n) is 6.89. The lowest BCUT2D eigenvalue weighted by Gasteiger charge is -2.23. The fourth-order valence-corrected chi connectivity index (χ4v) is 1.56. The van der Waals surface area contributed by atoms with Crippen LogP contribution in [0.15, 0.2) is 12.1 Å². The van der Waals surface area contributed by atoms with Gasteiger partial charge in [0.15, 0.2) is 0 Å². The van der Waals surface area contributed by atoms with Gasteiger partial charge in [-0.1, -0.05) is 11.8 Å². The zero-order valence-corrected chi connectivity index (χ0v) is 13.8. The molecule has 0 aromatic heterocycles. The number of ether oxygens (including phenoxy) is 1. The Bertz CT molecular complexity index is 684. The Balaban J connectivity index is 2.88. The summed E-state index contributed by atoms with van der Waals surface area (Å²) in [4.78, 5) is 23.1. The number of hydrogen-bond acceptors (Lipinski definition) is 4. The summed E-state index contributed by atoms with van der Waals surface area (Å²) >= 11 is 0. The van der Waals surface area contributed by atoms with E-state index in [4.69, 9.17) is 4.74 Å². The third-order valence-corrected chi connectivity index (χ3v) is 2.78. The Labute approximate surface area is 134 Å². The van der Waals surface area contributed by atoms with E-state index < -0.39 is 22.4 Å². The summed E-state index contributed by atoms with van der Waals surface area (Å²) in [6.45, 7) is 6.79. The van der Waals surface area contributed by atoms with Crippen molar-refractivity contribution < 1.29 is 18.8 Å². The molecule has 0 N–H and O–H groups in total. The summed E-state index contributed by atoms with van der Waals surface area (Å²) in [6, 6.07) is 2.06. The second-order valence-corrected chi connectivity index (χ2v) is 6.00. The molecule has 0 aliphatic rings. The highest BCUT2D eigenvalue weighted by Gasteiger charge is 2.19. The number of carbonyl (C=O) groups excluding carboxylic acids is 1. The van der Waals surface area contributed by atoms with Crippen LogP contribution in [0.3, 0.4) is 0 Å². The van der Waals surface area contributed by atoms with Gasteiger partial charge in [0.2, 0.25) is 0 Å². The number of carbonyl (C=O) groups is 1. The van der Waals surface area contributed by atoms with E-state index in [0.29, 0.717) is 0 Å². The second-order valence-electron chi connectivity index (χ2n) is 6.00. The van der Waals surface area contributed by atoms with Crippen molar-refractivity contribution >= 4 is 11.8 Å². The van der Waals surface area contributed by atoms with Crippen LogP contribution in [-0.4, -0.2) is 35.1 Å². The highest BCUT2D eigenvalue weighted by Crippen LogP contribution is 2.20. The zero-order valence-electron chi connectivity index (χ0n) is 13.8. The molecule has 1 aromatic rings. The molecule has 0 heterocycles. The predicted molar refractivity (Wildman–Crippen MR) is 83.5 cm³/mol. The molecule has 0 radical (unpaired) electrons. The van der Waals surface area contributed by atoms with Crippen LogP contribution in [0.1, 0.15) is 31.9 Å². The number of non-ortho nitro benzene ring substituents is 1. The predicted octanol–water partition coefficient (Wildman–Crippen LogP) is 3.26. The maximum Gasteiger partial charge on any atom is 0.410 e. The number of nitrogens with zero attached hydrogens (tertiary/aromatic N) is 2. The van der Waals surface area contributed by atoms with Gasteiger partial charge in [0, 0.05) is 24.2 Å². The van der Waals surface area contributed by atoms with E-state index in [-0.39, 0.29) is 23.4 Å². The molecule has 0 saturated heterocycles. The minimum Gasteiger partial charge on any atom is -0.444 e. The number of hydrogen-bond donors (Lipinski definition) is 0. The first-order chi connectivity index (χ1) is 10.5. The molecule has 0 aliphatic heterocycles. The minimum absolute atomic E-state index is 0.0542. The molecule has 0 spiro atoms. The van der Waals surface area contributed by atoms with Gasteiger partial charge in [0.25, 0.3) is 5.69 Å². The maximum atomic E-state index is 13.6. The van der Waals surface area contributed by atoms with Crippen molar-refractivity contribution in [1.82, 2.24) is 4.90 Å². The Morgan fingerprint density at radius 1 is 1.43 bits per heavy atom. The number of rotatable bonds is 2. The Kier molecular flexibility index (Phi) is 5.68. The summed E-state index contributed by atoms with van der Waals surface area (Å²) in [6.07, 6.45) is -0.534. The molecule has 124 valence electrons. The molecule has 6 nitrogen and oxygen atoms in total. The van der Waals surface area contributed by atoms with Crippen molar-refractivity contribution in [1.29, 1.82) is 0 Å². The quantitative estimate of drug-likeness (QED) is 0.476. The first-order valence-corrected chi connectivity index (χ1v) is 6.89. The van der Waals surface area contributed by atoms with Crippen LogP contribution in [-0.2, 0) is 4.74 Å². The first kappa shape index (κ1) is 18.4. The Morgan fingerprint density at radius 2 is 2.04 bits per heavy atom. The fourth-order valence-electron chi connectivity index (χ4n) is 1.56. The highest BCUT2D eigenvalue weighted by molar-refractivity contribution is 5.68. The van der Waals surface area contributed by atoms with E-state index in [1.54, 1.807) is 20.8 Å². The molecule has 1 amide bonds. The molecule has 0 fully saturated rings. The van der Waals surface area contributed by atoms with Gasteiger partial charge in [0.05, 0.1) is 17.5 Å². The van der Waals surface area contributed by atoms with E-state index in [9.17, 15) is 19.3 Å². The van der Waals surface area contributed by atoms with Gasteiger partial charge in [-0.25, -0.2) is 9.18 Å². The van der Waals surface area contributed by atoms with Gasteiger partial charge in [0.1, 0.15) is 11.4 Å². The lowest BCUT2D eigenvalue weighted by atomic mass is 10.1. The van der Waals surface area contributed by atoms with Crippen LogP contribution in [0.25, 0.3) is 0 Å². The lowest BCUT2D eigenvalue weighted by molar-refractivity contribution is -0.385. The molecule has 1 rings (SSSR count). The Hall–Kier alpha value is -2.62. The summed E-state index contributed by atoms with van der Waals surface area (Å²) in [5.74, 6) is 4.65. The Morgan fingerprint density at radius 3 is 2.57 bits per heavy atom. The number of nitro benzene ring substituents is 1. The number of benzene rings is 1. The number of nitro groups is 1. The van der Waals surface area contributed by atoms with Gasteiger partial charge in [-0.3, -0.25) is 10.1 Å². The van der Waals surface area contributed by atoms with E-state index in [1.807, 2.05) is 0 Å². The third kappa shape index (κ3) is 5.58. The molecule has 0 unspecified atom stereocenters. The third-order valence-electron chi connectivity index (χ3n) is 2.78. The second kappa shape index (κ2) is 7.09. The van der Waals surface area contributed by atoms with Crippen molar-refractivity contribution in [3.8, 4) is 11.8 Å². The molecule has 0 aliphatic carbocycles. The van der Waals surface area contributed by atoms with Crippen LogP contribution in [0.5, 0.6) is 0 Å². The maximum absolute atomic E-state index is 13.6. The molecule has 0 saturated carbocycles. The topological polar surface area (TPSA) is 72.7 Å². The molecular formula is C16H19FN2O4. The SMILES string of the molecule is Cc1c(F)cc([N+](=O)[O-])cc1C#CCN(C)C(=O)OC(C)(C)C. The molecule has 0 atom stereocenters. The van der Waals surface area contributed by atoms with E-state index in [2.05, 4.69) is 11.8 Å². The molecule has 7 heteroatoms. The van der Waals surface area contributed by atoms with Crippen molar-refractivity contribution in [2.24, 2.45) is 0 Å². The van der Waals surface area contributed by atoms with Crippen LogP contribution in [0.2, 0.25) is 0 Å². The van der Waals surface area contributed by atoms with Gasteiger partial charge < -0.3 is 9.64 Å². The van der Waals surface area contributed by atoms with Crippen molar-refractivity contribution in [2.45, 2.75) is 33.3 Å². The summed E-state index contributed by atoms with van der Waals surface area (Å²) in [7, 11) is 1.52. The molecule has 1 aromatic carbocycles. The largest absolute Gasteiger partial charge is 0.444 e. The summed E-state index contributed by atoms with van der Waals surface area (Å²) in [5, 5.41) is 10.7. The van der Waals surface area contributed by atoms with Gasteiger partial charge >= 0.3 is 6.09 Å². The summed E-state index contributed by atoms with van der Waals surface area (Å²) in [5.41, 5.74) is -0.534. The molecular weight excluding hydrogens is 303 g/mol. The van der Waals surface area contributed by atoms with E-state index in [0.717, 1.165) is 6.07 Å². The molecule has 23 heavy (non-hydrogen) atoms.